The number of carboxylic acid groups (broad SMARTS) is 1. The number of aromatic nitrogens is 3. The molecule has 2 aromatic carbocycles. The molecule has 220 valence electrons. The number of anilines is 1. The molecule has 2 fully saturated rings. The molecule has 2 bridgehead atoms. The summed E-state index contributed by atoms with van der Waals surface area (Å²) in [5.74, 6) is -0.205. The molecule has 0 unspecified atom stereocenters. The highest BCUT2D eigenvalue weighted by Crippen LogP contribution is 2.43. The zero-order valence-corrected chi connectivity index (χ0v) is 26.5. The van der Waals surface area contributed by atoms with E-state index in [9.17, 15) is 9.90 Å². The zero-order valence-electron chi connectivity index (χ0n) is 24.0. The number of halogens is 3. The third kappa shape index (κ3) is 4.78. The van der Waals surface area contributed by atoms with Crippen molar-refractivity contribution in [1.82, 2.24) is 19.9 Å². The van der Waals surface area contributed by atoms with E-state index in [0.29, 0.717) is 46.7 Å². The molecule has 4 aromatic rings. The molecule has 2 aromatic heterocycles. The molecule has 8 nitrogen and oxygen atoms in total. The van der Waals surface area contributed by atoms with Crippen molar-refractivity contribution < 1.29 is 18.7 Å². The van der Waals surface area contributed by atoms with Crippen LogP contribution in [0.4, 0.5) is 15.0 Å². The quantitative estimate of drug-likeness (QED) is 0.184. The van der Waals surface area contributed by atoms with Crippen molar-refractivity contribution in [3.8, 4) is 11.3 Å². The summed E-state index contributed by atoms with van der Waals surface area (Å²) in [5, 5.41) is 12.4. The highest BCUT2D eigenvalue weighted by molar-refractivity contribution is 6.74. The fourth-order valence-corrected chi connectivity index (χ4v) is 7.81. The van der Waals surface area contributed by atoms with Crippen LogP contribution in [0, 0.1) is 5.82 Å². The molecule has 1 amide bonds. The van der Waals surface area contributed by atoms with E-state index < -0.39 is 26.3 Å². The lowest BCUT2D eigenvalue weighted by atomic mass is 10.0. The first kappa shape index (κ1) is 29.0. The van der Waals surface area contributed by atoms with Gasteiger partial charge in [0.25, 0.3) is 0 Å². The first-order valence-corrected chi connectivity index (χ1v) is 17.6. The number of piperazine rings is 1. The minimum absolute atomic E-state index is 0.0248. The number of rotatable bonds is 4. The number of carbonyl (C=O) groups is 1. The zero-order chi connectivity index (χ0) is 30.1. The fraction of sp³-hybridized carbons (Fsp3) is 0.400. The van der Waals surface area contributed by atoms with Gasteiger partial charge in [-0.3, -0.25) is 9.88 Å². The maximum atomic E-state index is 16.3. The molecule has 3 atom stereocenters. The second-order valence-corrected chi connectivity index (χ2v) is 18.1. The second kappa shape index (κ2) is 10.3. The molecule has 4 heterocycles. The minimum atomic E-state index is -2.17. The number of hydrogen-bond donors (Lipinski definition) is 1. The first-order chi connectivity index (χ1) is 19.8. The molecule has 0 saturated carbocycles. The monoisotopic (exact) mass is 627 g/mol. The number of hydrogen-bond acceptors (Lipinski definition) is 6. The van der Waals surface area contributed by atoms with Crippen LogP contribution in [0.5, 0.6) is 0 Å². The normalized spacial score (nSPS) is 21.0. The van der Waals surface area contributed by atoms with Crippen molar-refractivity contribution in [2.24, 2.45) is 0 Å². The van der Waals surface area contributed by atoms with Gasteiger partial charge in [-0.2, -0.15) is 4.98 Å². The van der Waals surface area contributed by atoms with Crippen molar-refractivity contribution in [2.75, 3.05) is 18.0 Å². The predicted octanol–water partition coefficient (Wildman–Crippen LogP) is 7.62. The summed E-state index contributed by atoms with van der Waals surface area (Å²) >= 11 is 12.9. The summed E-state index contributed by atoms with van der Waals surface area (Å²) in [6.07, 6.45) is 0.917. The predicted molar refractivity (Wildman–Crippen MR) is 167 cm³/mol. The molecule has 1 N–H and O–H groups in total. The summed E-state index contributed by atoms with van der Waals surface area (Å²) in [6.45, 7) is 11.5. The SMILES string of the molecule is CC(C)(C)[Si](C)(C)O[C@@H]1C[C@@H]2CN(c3nc(Cl)nc4c(F)c(-c5cccc6cccc(Cl)c56)ncc34)C[C@H]1N2C(=O)O. The Morgan fingerprint density at radius 3 is 2.52 bits per heavy atom. The van der Waals surface area contributed by atoms with Crippen molar-refractivity contribution in [3.63, 3.8) is 0 Å². The molecule has 42 heavy (non-hydrogen) atoms. The second-order valence-electron chi connectivity index (χ2n) is 12.6. The van der Waals surface area contributed by atoms with Crippen LogP contribution < -0.4 is 4.90 Å². The van der Waals surface area contributed by atoms with E-state index in [2.05, 4.69) is 48.8 Å². The largest absolute Gasteiger partial charge is 0.465 e. The van der Waals surface area contributed by atoms with Gasteiger partial charge >= 0.3 is 6.09 Å². The lowest BCUT2D eigenvalue weighted by Gasteiger charge is -2.43. The molecular weight excluding hydrogens is 596 g/mol. The van der Waals surface area contributed by atoms with E-state index in [4.69, 9.17) is 27.6 Å². The Balaban J connectivity index is 1.41. The van der Waals surface area contributed by atoms with Crippen LogP contribution >= 0.6 is 23.2 Å². The average molecular weight is 629 g/mol. The number of nitrogens with zero attached hydrogens (tertiary/aromatic N) is 5. The van der Waals surface area contributed by atoms with Gasteiger partial charge in [-0.15, -0.1) is 0 Å². The third-order valence-corrected chi connectivity index (χ3v) is 14.0. The van der Waals surface area contributed by atoms with E-state index in [-0.39, 0.29) is 33.7 Å². The van der Waals surface area contributed by atoms with E-state index in [0.717, 1.165) is 5.39 Å². The molecular formula is C30H32Cl2FN5O3Si. The van der Waals surface area contributed by atoms with Gasteiger partial charge in [-0.1, -0.05) is 62.7 Å². The maximum absolute atomic E-state index is 16.3. The van der Waals surface area contributed by atoms with Gasteiger partial charge in [0.2, 0.25) is 5.28 Å². The Morgan fingerprint density at radius 2 is 1.83 bits per heavy atom. The standard InChI is InChI=1S/C30H32Cl2FN5O3Si/c1-30(2,3)42(4,5)41-22-12-17-14-37(15-21(22)38(17)29(39)40)27-19-13-34-25(24(33)26(19)35-28(32)36-27)18-10-6-8-16-9-7-11-20(31)23(16)18/h6-11,13,17,21-22H,12,14-15H2,1-5H3,(H,39,40)/t17-,21-,22-/m1/s1. The van der Waals surface area contributed by atoms with E-state index in [1.807, 2.05) is 29.2 Å². The molecule has 0 spiro atoms. The Labute approximate surface area is 254 Å². The van der Waals surface area contributed by atoms with E-state index in [1.165, 1.54) is 4.90 Å². The Bertz CT molecular complexity index is 1730. The van der Waals surface area contributed by atoms with Gasteiger partial charge in [0.1, 0.15) is 17.0 Å². The third-order valence-electron chi connectivity index (χ3n) is 9.04. The Hall–Kier alpha value is -3.05. The summed E-state index contributed by atoms with van der Waals surface area (Å²) in [6, 6.07) is 10.3. The summed E-state index contributed by atoms with van der Waals surface area (Å²) < 4.78 is 23.0. The van der Waals surface area contributed by atoms with Crippen LogP contribution in [0.15, 0.2) is 42.6 Å². The maximum Gasteiger partial charge on any atom is 0.408 e. The van der Waals surface area contributed by atoms with Crippen LogP contribution in [0.25, 0.3) is 32.9 Å². The number of fused-ring (bicyclic) bond motifs is 4. The summed E-state index contributed by atoms with van der Waals surface area (Å²) in [7, 11) is -2.17. The Kier molecular flexibility index (Phi) is 7.12. The van der Waals surface area contributed by atoms with Gasteiger partial charge < -0.3 is 14.4 Å². The lowest BCUT2D eigenvalue weighted by Crippen LogP contribution is -2.58. The highest BCUT2D eigenvalue weighted by atomic mass is 35.5. The first-order valence-electron chi connectivity index (χ1n) is 13.9. The van der Waals surface area contributed by atoms with Crippen molar-refractivity contribution in [3.05, 3.63) is 58.7 Å². The molecule has 0 aliphatic carbocycles. The fourth-order valence-electron chi connectivity index (χ4n) is 6.00. The average Bonchev–Trinajstić information content (AvgIpc) is 3.13. The summed E-state index contributed by atoms with van der Waals surface area (Å²) in [5.41, 5.74) is 0.703. The van der Waals surface area contributed by atoms with Crippen LogP contribution in [-0.4, -0.2) is 70.6 Å². The molecule has 2 saturated heterocycles. The van der Waals surface area contributed by atoms with E-state index in [1.54, 1.807) is 18.3 Å². The molecule has 6 rings (SSSR count). The number of amides is 1. The molecule has 2 aliphatic rings. The van der Waals surface area contributed by atoms with Crippen LogP contribution in [0.1, 0.15) is 27.2 Å². The summed E-state index contributed by atoms with van der Waals surface area (Å²) in [4.78, 5) is 29.1. The number of benzene rings is 2. The van der Waals surface area contributed by atoms with Crippen molar-refractivity contribution in [1.29, 1.82) is 0 Å². The smallest absolute Gasteiger partial charge is 0.408 e. The van der Waals surface area contributed by atoms with Crippen LogP contribution in [0.3, 0.4) is 0 Å². The molecule has 0 radical (unpaired) electrons. The Morgan fingerprint density at radius 1 is 1.12 bits per heavy atom. The van der Waals surface area contributed by atoms with Gasteiger partial charge in [-0.05, 0) is 47.6 Å². The van der Waals surface area contributed by atoms with Crippen LogP contribution in [0.2, 0.25) is 28.4 Å². The van der Waals surface area contributed by atoms with Gasteiger partial charge in [0.05, 0.1) is 23.6 Å². The lowest BCUT2D eigenvalue weighted by molar-refractivity contribution is 0.0899. The van der Waals surface area contributed by atoms with Crippen molar-refractivity contribution >= 4 is 65.1 Å². The molecule has 2 aliphatic heterocycles. The topological polar surface area (TPSA) is 91.7 Å². The van der Waals surface area contributed by atoms with E-state index >= 15 is 4.39 Å². The van der Waals surface area contributed by atoms with Crippen LogP contribution in [-0.2, 0) is 4.43 Å². The van der Waals surface area contributed by atoms with Gasteiger partial charge in [-0.25, -0.2) is 14.2 Å². The van der Waals surface area contributed by atoms with Gasteiger partial charge in [0, 0.05) is 35.3 Å². The number of pyridine rings is 1. The highest BCUT2D eigenvalue weighted by Gasteiger charge is 2.52. The van der Waals surface area contributed by atoms with Crippen molar-refractivity contribution in [2.45, 2.75) is 63.5 Å². The minimum Gasteiger partial charge on any atom is -0.465 e. The molecule has 12 heteroatoms. The van der Waals surface area contributed by atoms with Gasteiger partial charge in [0.15, 0.2) is 14.1 Å².